The number of carbonyl (C=O) groups is 4. The Balaban J connectivity index is 0. The standard InChI is InChI=1S/C8H10O8.C3H8O3/c1-3(9)15-7(13)5(11)6(12)8(14)16-4(2)10;4-1-3(6)2-5/h5-6,11-12H,1-2H3;3-6H,1-2H2. The Morgan fingerprint density at radius 1 is 0.773 bits per heavy atom. The quantitative estimate of drug-likeness (QED) is 0.246. The molecule has 0 saturated heterocycles. The first kappa shape index (κ1) is 22.4. The van der Waals surface area contributed by atoms with Gasteiger partial charge in [-0.15, -0.1) is 0 Å². The zero-order chi connectivity index (χ0) is 17.9. The number of aliphatic hydroxyl groups excluding tert-OH is 5. The van der Waals surface area contributed by atoms with Gasteiger partial charge in [0.25, 0.3) is 0 Å². The van der Waals surface area contributed by atoms with Crippen LogP contribution in [0, 0.1) is 0 Å². The molecule has 0 bridgehead atoms. The van der Waals surface area contributed by atoms with E-state index >= 15 is 0 Å². The minimum atomic E-state index is -2.30. The third-order valence-electron chi connectivity index (χ3n) is 1.69. The molecular weight excluding hydrogens is 308 g/mol. The maximum absolute atomic E-state index is 10.8. The van der Waals surface area contributed by atoms with Crippen LogP contribution < -0.4 is 0 Å². The summed E-state index contributed by atoms with van der Waals surface area (Å²) in [5.41, 5.74) is 0. The van der Waals surface area contributed by atoms with Crippen molar-refractivity contribution in [1.29, 1.82) is 0 Å². The molecule has 11 nitrogen and oxygen atoms in total. The topological polar surface area (TPSA) is 188 Å². The maximum Gasteiger partial charge on any atom is 0.345 e. The highest BCUT2D eigenvalue weighted by Crippen LogP contribution is 2.00. The number of aliphatic hydroxyl groups is 5. The summed E-state index contributed by atoms with van der Waals surface area (Å²) in [4.78, 5) is 42.3. The maximum atomic E-state index is 10.8. The molecule has 0 rings (SSSR count). The molecule has 0 aliphatic carbocycles. The zero-order valence-electron chi connectivity index (χ0n) is 11.8. The summed E-state index contributed by atoms with van der Waals surface area (Å²) in [7, 11) is 0. The van der Waals surface area contributed by atoms with Gasteiger partial charge in [-0.25, -0.2) is 9.59 Å². The lowest BCUT2D eigenvalue weighted by molar-refractivity contribution is -0.179. The van der Waals surface area contributed by atoms with E-state index in [4.69, 9.17) is 25.5 Å². The fourth-order valence-electron chi connectivity index (χ4n) is 0.720. The molecule has 128 valence electrons. The highest BCUT2D eigenvalue weighted by Gasteiger charge is 2.34. The highest BCUT2D eigenvalue weighted by atomic mass is 16.6. The van der Waals surface area contributed by atoms with E-state index in [1.54, 1.807) is 0 Å². The summed E-state index contributed by atoms with van der Waals surface area (Å²) in [5.74, 6) is -5.06. The first-order chi connectivity index (χ1) is 10.1. The highest BCUT2D eigenvalue weighted by molar-refractivity contribution is 5.93. The average Bonchev–Trinajstić information content (AvgIpc) is 2.43. The molecule has 0 aromatic heterocycles. The third kappa shape index (κ3) is 10.8. The Bertz CT molecular complexity index is 355. The Hall–Kier alpha value is -1.92. The van der Waals surface area contributed by atoms with Crippen LogP contribution in [-0.4, -0.2) is 80.9 Å². The summed E-state index contributed by atoms with van der Waals surface area (Å²) in [5, 5.41) is 42.1. The number of rotatable bonds is 5. The SMILES string of the molecule is CC(=O)OC(=O)C(O)C(O)C(=O)OC(C)=O.OCC(O)CO. The van der Waals surface area contributed by atoms with Crippen LogP contribution >= 0.6 is 0 Å². The Kier molecular flexibility index (Phi) is 11.9. The molecule has 0 aliphatic rings. The molecule has 0 fully saturated rings. The van der Waals surface area contributed by atoms with Gasteiger partial charge in [0.05, 0.1) is 13.2 Å². The summed E-state index contributed by atoms with van der Waals surface area (Å²) < 4.78 is 7.82. The second-order valence-corrected chi connectivity index (χ2v) is 3.73. The van der Waals surface area contributed by atoms with Crippen molar-refractivity contribution < 1.29 is 54.2 Å². The van der Waals surface area contributed by atoms with E-state index in [1.807, 2.05) is 0 Å². The fourth-order valence-corrected chi connectivity index (χ4v) is 0.720. The monoisotopic (exact) mass is 326 g/mol. The van der Waals surface area contributed by atoms with Crippen LogP contribution in [0.1, 0.15) is 13.8 Å². The third-order valence-corrected chi connectivity index (χ3v) is 1.69. The van der Waals surface area contributed by atoms with E-state index in [2.05, 4.69) is 9.47 Å². The second kappa shape index (κ2) is 11.7. The average molecular weight is 326 g/mol. The molecule has 0 heterocycles. The Morgan fingerprint density at radius 2 is 1.05 bits per heavy atom. The summed E-state index contributed by atoms with van der Waals surface area (Å²) in [6, 6.07) is 0. The molecule has 0 aromatic rings. The number of esters is 4. The van der Waals surface area contributed by atoms with E-state index in [9.17, 15) is 19.2 Å². The molecule has 0 saturated carbocycles. The van der Waals surface area contributed by atoms with Gasteiger partial charge in [0, 0.05) is 13.8 Å². The zero-order valence-corrected chi connectivity index (χ0v) is 11.8. The molecule has 22 heavy (non-hydrogen) atoms. The van der Waals surface area contributed by atoms with Gasteiger partial charge in [-0.3, -0.25) is 9.59 Å². The minimum absolute atomic E-state index is 0.365. The summed E-state index contributed by atoms with van der Waals surface area (Å²) in [6.45, 7) is 1.06. The van der Waals surface area contributed by atoms with E-state index < -0.39 is 42.2 Å². The van der Waals surface area contributed by atoms with Gasteiger partial charge in [0.1, 0.15) is 6.10 Å². The van der Waals surface area contributed by atoms with Crippen LogP contribution in [0.2, 0.25) is 0 Å². The number of ether oxygens (including phenoxy) is 2. The van der Waals surface area contributed by atoms with E-state index in [0.29, 0.717) is 0 Å². The lowest BCUT2D eigenvalue weighted by atomic mass is 10.2. The van der Waals surface area contributed by atoms with Crippen molar-refractivity contribution in [2.75, 3.05) is 13.2 Å². The van der Waals surface area contributed by atoms with E-state index in [1.165, 1.54) is 0 Å². The number of hydrogen-bond acceptors (Lipinski definition) is 11. The normalized spacial score (nSPS) is 12.5. The largest absolute Gasteiger partial charge is 0.394 e. The van der Waals surface area contributed by atoms with Crippen molar-refractivity contribution >= 4 is 23.9 Å². The lowest BCUT2D eigenvalue weighted by Crippen LogP contribution is -2.42. The molecule has 0 aromatic carbocycles. The second-order valence-electron chi connectivity index (χ2n) is 3.73. The number of hydrogen-bond donors (Lipinski definition) is 5. The molecule has 0 aliphatic heterocycles. The molecule has 0 amide bonds. The van der Waals surface area contributed by atoms with Gasteiger partial charge in [-0.1, -0.05) is 0 Å². The predicted molar refractivity (Wildman–Crippen MR) is 65.7 cm³/mol. The summed E-state index contributed by atoms with van der Waals surface area (Å²) >= 11 is 0. The van der Waals surface area contributed by atoms with Crippen LogP contribution in [0.4, 0.5) is 0 Å². The smallest absolute Gasteiger partial charge is 0.345 e. The van der Waals surface area contributed by atoms with Crippen molar-refractivity contribution in [3.8, 4) is 0 Å². The van der Waals surface area contributed by atoms with Gasteiger partial charge < -0.3 is 35.0 Å². The molecule has 0 radical (unpaired) electrons. The van der Waals surface area contributed by atoms with Crippen molar-refractivity contribution in [3.63, 3.8) is 0 Å². The molecule has 11 heteroatoms. The van der Waals surface area contributed by atoms with Gasteiger partial charge in [-0.2, -0.15) is 0 Å². The molecular formula is C11H18O11. The summed E-state index contributed by atoms with van der Waals surface area (Å²) in [6.07, 6.45) is -5.54. The van der Waals surface area contributed by atoms with E-state index in [-0.39, 0.29) is 13.2 Å². The predicted octanol–water partition coefficient (Wildman–Crippen LogP) is -3.78. The van der Waals surface area contributed by atoms with Crippen molar-refractivity contribution in [2.45, 2.75) is 32.2 Å². The molecule has 2 atom stereocenters. The van der Waals surface area contributed by atoms with Gasteiger partial charge in [0.15, 0.2) is 12.2 Å². The molecule has 2 unspecified atom stereocenters. The molecule has 5 N–H and O–H groups in total. The Morgan fingerprint density at radius 3 is 1.18 bits per heavy atom. The first-order valence-electron chi connectivity index (χ1n) is 5.77. The lowest BCUT2D eigenvalue weighted by Gasteiger charge is -2.13. The van der Waals surface area contributed by atoms with Gasteiger partial charge in [-0.05, 0) is 0 Å². The first-order valence-corrected chi connectivity index (χ1v) is 5.77. The van der Waals surface area contributed by atoms with Crippen molar-refractivity contribution in [3.05, 3.63) is 0 Å². The molecule has 0 spiro atoms. The van der Waals surface area contributed by atoms with Crippen LogP contribution in [0.25, 0.3) is 0 Å². The van der Waals surface area contributed by atoms with Crippen molar-refractivity contribution in [1.82, 2.24) is 0 Å². The van der Waals surface area contributed by atoms with Gasteiger partial charge in [0.2, 0.25) is 0 Å². The number of carbonyl (C=O) groups excluding carboxylic acids is 4. The van der Waals surface area contributed by atoms with Crippen LogP contribution in [0.5, 0.6) is 0 Å². The van der Waals surface area contributed by atoms with Crippen molar-refractivity contribution in [2.24, 2.45) is 0 Å². The van der Waals surface area contributed by atoms with Crippen LogP contribution in [0.15, 0.2) is 0 Å². The Labute approximate surface area is 124 Å². The van der Waals surface area contributed by atoms with Crippen LogP contribution in [-0.2, 0) is 28.7 Å². The fraction of sp³-hybridized carbons (Fsp3) is 0.636. The van der Waals surface area contributed by atoms with Crippen LogP contribution in [0.3, 0.4) is 0 Å². The minimum Gasteiger partial charge on any atom is -0.394 e. The van der Waals surface area contributed by atoms with Gasteiger partial charge >= 0.3 is 23.9 Å². The van der Waals surface area contributed by atoms with E-state index in [0.717, 1.165) is 13.8 Å².